The van der Waals surface area contributed by atoms with Crippen molar-refractivity contribution in [2.75, 3.05) is 0 Å². The van der Waals surface area contributed by atoms with Crippen molar-refractivity contribution in [3.63, 3.8) is 0 Å². The summed E-state index contributed by atoms with van der Waals surface area (Å²) in [5.41, 5.74) is 6.91. The van der Waals surface area contributed by atoms with Gasteiger partial charge in [-0.05, 0) is 29.2 Å². The second-order valence-corrected chi connectivity index (χ2v) is 9.04. The predicted octanol–water partition coefficient (Wildman–Crippen LogP) is 3.74. The topological polar surface area (TPSA) is 78.8 Å². The highest BCUT2D eigenvalue weighted by Crippen LogP contribution is 2.50. The summed E-state index contributed by atoms with van der Waals surface area (Å²) in [4.78, 5) is 3.54. The molecule has 162 valence electrons. The van der Waals surface area contributed by atoms with Gasteiger partial charge < -0.3 is 15.4 Å². The molecule has 6 heteroatoms. The number of nitrogens with zero attached hydrogens (tertiary/aromatic N) is 3. The highest BCUT2D eigenvalue weighted by Gasteiger charge is 2.45. The Morgan fingerprint density at radius 3 is 2.42 bits per heavy atom. The first-order valence-electron chi connectivity index (χ1n) is 11.4. The van der Waals surface area contributed by atoms with Crippen LogP contribution in [0.25, 0.3) is 22.0 Å². The van der Waals surface area contributed by atoms with Gasteiger partial charge in [-0.15, -0.1) is 5.10 Å². The maximum atomic E-state index is 12.0. The summed E-state index contributed by atoms with van der Waals surface area (Å²) in [6.45, 7) is 1.49. The van der Waals surface area contributed by atoms with Gasteiger partial charge in [0.15, 0.2) is 5.60 Å². The Labute approximate surface area is 190 Å². The molecule has 0 saturated carbocycles. The van der Waals surface area contributed by atoms with E-state index >= 15 is 0 Å². The van der Waals surface area contributed by atoms with E-state index in [9.17, 15) is 5.11 Å². The molecule has 5 aromatic rings. The van der Waals surface area contributed by atoms with E-state index in [-0.39, 0.29) is 6.04 Å². The van der Waals surface area contributed by atoms with Crippen molar-refractivity contribution in [3.05, 3.63) is 107 Å². The van der Waals surface area contributed by atoms with Crippen molar-refractivity contribution in [2.24, 2.45) is 0 Å². The van der Waals surface area contributed by atoms with E-state index in [1.165, 1.54) is 22.2 Å². The summed E-state index contributed by atoms with van der Waals surface area (Å²) in [6, 6.07) is 24.7. The van der Waals surface area contributed by atoms with Gasteiger partial charge in [-0.3, -0.25) is 4.68 Å². The smallest absolute Gasteiger partial charge is 0.161 e. The molecule has 0 saturated heterocycles. The summed E-state index contributed by atoms with van der Waals surface area (Å²) in [6.07, 6.45) is 2.82. The van der Waals surface area contributed by atoms with Crippen LogP contribution >= 0.6 is 0 Å². The molecule has 2 aromatic heterocycles. The van der Waals surface area contributed by atoms with Gasteiger partial charge >= 0.3 is 0 Å². The van der Waals surface area contributed by atoms with Gasteiger partial charge in [0.05, 0.1) is 12.7 Å². The summed E-state index contributed by atoms with van der Waals surface area (Å²) in [7, 11) is 0. The molecular weight excluding hydrogens is 410 g/mol. The van der Waals surface area contributed by atoms with Crippen LogP contribution in [0, 0.1) is 0 Å². The quantitative estimate of drug-likeness (QED) is 0.405. The predicted molar refractivity (Wildman–Crippen MR) is 127 cm³/mol. The molecule has 7 rings (SSSR count). The minimum absolute atomic E-state index is 0.240. The molecule has 2 aliphatic rings. The Morgan fingerprint density at radius 2 is 1.64 bits per heavy atom. The van der Waals surface area contributed by atoms with Crippen LogP contribution < -0.4 is 5.32 Å². The van der Waals surface area contributed by atoms with Crippen LogP contribution in [0.5, 0.6) is 0 Å². The number of aliphatic hydroxyl groups is 1. The van der Waals surface area contributed by atoms with Crippen LogP contribution in [0.2, 0.25) is 0 Å². The zero-order valence-corrected chi connectivity index (χ0v) is 18.0. The van der Waals surface area contributed by atoms with Gasteiger partial charge in [-0.1, -0.05) is 71.9 Å². The van der Waals surface area contributed by atoms with E-state index in [1.807, 2.05) is 47.3 Å². The number of para-hydroxylation sites is 1. The molecule has 0 spiro atoms. The third-order valence-electron chi connectivity index (χ3n) is 7.16. The molecule has 0 amide bonds. The maximum absolute atomic E-state index is 12.0. The Morgan fingerprint density at radius 1 is 0.939 bits per heavy atom. The van der Waals surface area contributed by atoms with E-state index in [2.05, 4.69) is 57.0 Å². The van der Waals surface area contributed by atoms with Crippen LogP contribution in [0.3, 0.4) is 0 Å². The standard InChI is InChI=1S/C27H23N5O/c33-27(22-10-4-1-7-18(22)19-8-2-5-11-23(19)27)26-16-32(31-30-26)15-17-13-21-20-9-3-6-12-24(20)29-25(21)14-28-17/h1-12,16-17,28-29,33H,13-15H2/t17-/m0/s1. The third-order valence-corrected chi connectivity index (χ3v) is 7.16. The Balaban J connectivity index is 1.21. The lowest BCUT2D eigenvalue weighted by Crippen LogP contribution is -2.38. The number of aromatic amines is 1. The van der Waals surface area contributed by atoms with Gasteiger partial charge in [0.2, 0.25) is 0 Å². The highest BCUT2D eigenvalue weighted by molar-refractivity contribution is 5.85. The molecule has 0 bridgehead atoms. The molecule has 6 nitrogen and oxygen atoms in total. The number of benzene rings is 3. The average molecular weight is 434 g/mol. The molecule has 0 fully saturated rings. The number of nitrogens with one attached hydrogen (secondary N) is 2. The van der Waals surface area contributed by atoms with E-state index in [0.29, 0.717) is 12.2 Å². The zero-order chi connectivity index (χ0) is 22.0. The summed E-state index contributed by atoms with van der Waals surface area (Å²) in [5.74, 6) is 0. The molecule has 0 unspecified atom stereocenters. The van der Waals surface area contributed by atoms with Crippen LogP contribution in [0.15, 0.2) is 79.0 Å². The van der Waals surface area contributed by atoms with Crippen molar-refractivity contribution in [1.82, 2.24) is 25.3 Å². The van der Waals surface area contributed by atoms with E-state index < -0.39 is 5.60 Å². The van der Waals surface area contributed by atoms with Gasteiger partial charge in [-0.2, -0.15) is 0 Å². The molecule has 1 atom stereocenters. The van der Waals surface area contributed by atoms with Crippen LogP contribution in [-0.2, 0) is 25.1 Å². The van der Waals surface area contributed by atoms with Gasteiger partial charge in [-0.25, -0.2) is 0 Å². The largest absolute Gasteiger partial charge is 0.374 e. The lowest BCUT2D eigenvalue weighted by atomic mass is 9.88. The Hall–Kier alpha value is -3.74. The number of rotatable bonds is 3. The molecule has 3 N–H and O–H groups in total. The average Bonchev–Trinajstić information content (AvgIpc) is 3.54. The molecule has 3 heterocycles. The Bertz CT molecular complexity index is 1470. The normalized spacial score (nSPS) is 18.2. The second kappa shape index (κ2) is 6.88. The second-order valence-electron chi connectivity index (χ2n) is 9.04. The molecule has 3 aromatic carbocycles. The van der Waals surface area contributed by atoms with Crippen molar-refractivity contribution >= 4 is 10.9 Å². The third kappa shape index (κ3) is 2.68. The minimum Gasteiger partial charge on any atom is -0.374 e. The summed E-state index contributed by atoms with van der Waals surface area (Å²) in [5, 5.41) is 25.7. The van der Waals surface area contributed by atoms with Crippen LogP contribution in [0.4, 0.5) is 0 Å². The van der Waals surface area contributed by atoms with Gasteiger partial charge in [0, 0.05) is 40.3 Å². The monoisotopic (exact) mass is 433 g/mol. The number of H-pyrrole nitrogens is 1. The maximum Gasteiger partial charge on any atom is 0.161 e. The number of aromatic nitrogens is 4. The SMILES string of the molecule is OC1(c2cn(C[C@@H]3Cc4c([nH]c5ccccc45)CN3)nn2)c2ccccc2-c2ccccc21. The van der Waals surface area contributed by atoms with Crippen molar-refractivity contribution < 1.29 is 5.11 Å². The van der Waals surface area contributed by atoms with Crippen molar-refractivity contribution in [1.29, 1.82) is 0 Å². The summed E-state index contributed by atoms with van der Waals surface area (Å²) < 4.78 is 1.86. The first kappa shape index (κ1) is 18.8. The molecule has 1 aliphatic heterocycles. The van der Waals surface area contributed by atoms with Crippen molar-refractivity contribution in [2.45, 2.75) is 31.2 Å². The number of hydrogen-bond donors (Lipinski definition) is 3. The molecular formula is C27H23N5O. The molecule has 0 radical (unpaired) electrons. The highest BCUT2D eigenvalue weighted by atomic mass is 16.3. The van der Waals surface area contributed by atoms with E-state index in [0.717, 1.165) is 35.2 Å². The fraction of sp³-hybridized carbons (Fsp3) is 0.185. The number of fused-ring (bicyclic) bond motifs is 6. The zero-order valence-electron chi connectivity index (χ0n) is 18.0. The van der Waals surface area contributed by atoms with E-state index in [1.54, 1.807) is 0 Å². The van der Waals surface area contributed by atoms with Crippen LogP contribution in [-0.4, -0.2) is 31.1 Å². The minimum atomic E-state index is -1.30. The fourth-order valence-electron chi connectivity index (χ4n) is 5.60. The van der Waals surface area contributed by atoms with Gasteiger partial charge in [0.1, 0.15) is 5.69 Å². The first-order valence-corrected chi connectivity index (χ1v) is 11.4. The lowest BCUT2D eigenvalue weighted by molar-refractivity contribution is 0.125. The lowest BCUT2D eigenvalue weighted by Gasteiger charge is -2.24. The Kier molecular flexibility index (Phi) is 3.92. The van der Waals surface area contributed by atoms with Gasteiger partial charge in [0.25, 0.3) is 0 Å². The first-order chi connectivity index (χ1) is 16.2. The number of hydrogen-bond acceptors (Lipinski definition) is 4. The summed E-state index contributed by atoms with van der Waals surface area (Å²) >= 11 is 0. The van der Waals surface area contributed by atoms with Crippen molar-refractivity contribution in [3.8, 4) is 11.1 Å². The molecule has 33 heavy (non-hydrogen) atoms. The molecule has 1 aliphatic carbocycles. The van der Waals surface area contributed by atoms with E-state index in [4.69, 9.17) is 0 Å². The van der Waals surface area contributed by atoms with Crippen LogP contribution in [0.1, 0.15) is 28.1 Å². The fourth-order valence-corrected chi connectivity index (χ4v) is 5.60.